The van der Waals surface area contributed by atoms with Crippen LogP contribution in [0, 0.1) is 17.3 Å². The first-order valence-electron chi connectivity index (χ1n) is 7.98. The summed E-state index contributed by atoms with van der Waals surface area (Å²) in [5.41, 5.74) is 7.19. The largest absolute Gasteiger partial charge is 0.342 e. The van der Waals surface area contributed by atoms with Crippen molar-refractivity contribution in [1.29, 1.82) is 0 Å². The molecular weight excluding hydrogens is 260 g/mol. The summed E-state index contributed by atoms with van der Waals surface area (Å²) in [7, 11) is 0. The van der Waals surface area contributed by atoms with Crippen LogP contribution in [0.1, 0.15) is 32.8 Å². The fourth-order valence-electron chi connectivity index (χ4n) is 3.09. The van der Waals surface area contributed by atoms with Crippen molar-refractivity contribution in [3.63, 3.8) is 0 Å². The van der Waals surface area contributed by atoms with Gasteiger partial charge in [0.2, 0.25) is 5.91 Å². The summed E-state index contributed by atoms with van der Waals surface area (Å²) in [6.07, 6.45) is 1.85. The minimum Gasteiger partial charge on any atom is -0.342 e. The van der Waals surface area contributed by atoms with E-state index < -0.39 is 0 Å². The molecule has 3 nitrogen and oxygen atoms in total. The van der Waals surface area contributed by atoms with Crippen LogP contribution in [0.5, 0.6) is 0 Å². The highest BCUT2D eigenvalue weighted by atomic mass is 16.2. The zero-order chi connectivity index (χ0) is 15.5. The maximum Gasteiger partial charge on any atom is 0.226 e. The van der Waals surface area contributed by atoms with E-state index in [1.165, 1.54) is 5.56 Å². The molecule has 1 aliphatic heterocycles. The van der Waals surface area contributed by atoms with E-state index in [1.54, 1.807) is 0 Å². The van der Waals surface area contributed by atoms with Gasteiger partial charge in [-0.2, -0.15) is 0 Å². The molecule has 1 aromatic rings. The highest BCUT2D eigenvalue weighted by Crippen LogP contribution is 2.31. The molecule has 0 aliphatic carbocycles. The lowest BCUT2D eigenvalue weighted by Crippen LogP contribution is -2.40. The molecule has 116 valence electrons. The van der Waals surface area contributed by atoms with Crippen molar-refractivity contribution in [2.75, 3.05) is 19.6 Å². The van der Waals surface area contributed by atoms with Gasteiger partial charge in [-0.3, -0.25) is 4.79 Å². The fourth-order valence-corrected chi connectivity index (χ4v) is 3.09. The Labute approximate surface area is 128 Å². The number of nitrogens with zero attached hydrogens (tertiary/aromatic N) is 1. The first-order valence-corrected chi connectivity index (χ1v) is 7.98. The molecule has 1 fully saturated rings. The van der Waals surface area contributed by atoms with Gasteiger partial charge in [0.15, 0.2) is 0 Å². The van der Waals surface area contributed by atoms with Gasteiger partial charge in [-0.25, -0.2) is 0 Å². The number of hydrogen-bond acceptors (Lipinski definition) is 2. The molecule has 0 radical (unpaired) electrons. The number of nitrogens with two attached hydrogens (primary N) is 1. The van der Waals surface area contributed by atoms with Crippen LogP contribution in [0.25, 0.3) is 0 Å². The normalized spacial score (nSPS) is 23.6. The van der Waals surface area contributed by atoms with Gasteiger partial charge in [-0.15, -0.1) is 0 Å². The number of rotatable bonds is 5. The number of hydrogen-bond donors (Lipinski definition) is 1. The highest BCUT2D eigenvalue weighted by molar-refractivity contribution is 5.79. The Morgan fingerprint density at radius 3 is 2.52 bits per heavy atom. The van der Waals surface area contributed by atoms with Gasteiger partial charge in [0.1, 0.15) is 0 Å². The second-order valence-corrected chi connectivity index (χ2v) is 7.06. The third kappa shape index (κ3) is 3.85. The van der Waals surface area contributed by atoms with Gasteiger partial charge in [0, 0.05) is 19.0 Å². The van der Waals surface area contributed by atoms with E-state index >= 15 is 0 Å². The SMILES string of the molecule is CC(C)C(Cc1ccccc1)C(=O)N1CCC(C)(CN)C1. The Hall–Kier alpha value is -1.35. The monoisotopic (exact) mass is 288 g/mol. The maximum atomic E-state index is 12.9. The van der Waals surface area contributed by atoms with E-state index in [4.69, 9.17) is 5.73 Å². The van der Waals surface area contributed by atoms with Crippen LogP contribution < -0.4 is 5.73 Å². The predicted octanol–water partition coefficient (Wildman–Crippen LogP) is 2.70. The number of likely N-dealkylation sites (tertiary alicyclic amines) is 1. The summed E-state index contributed by atoms with van der Waals surface area (Å²) >= 11 is 0. The van der Waals surface area contributed by atoms with Crippen LogP contribution in [0.2, 0.25) is 0 Å². The Morgan fingerprint density at radius 2 is 2.00 bits per heavy atom. The van der Waals surface area contributed by atoms with Gasteiger partial charge in [-0.05, 0) is 36.3 Å². The smallest absolute Gasteiger partial charge is 0.226 e. The van der Waals surface area contributed by atoms with E-state index in [9.17, 15) is 4.79 Å². The Balaban J connectivity index is 2.07. The van der Waals surface area contributed by atoms with Gasteiger partial charge in [0.05, 0.1) is 0 Å². The van der Waals surface area contributed by atoms with Gasteiger partial charge in [-0.1, -0.05) is 51.1 Å². The van der Waals surface area contributed by atoms with Crippen LogP contribution in [-0.4, -0.2) is 30.4 Å². The standard InChI is InChI=1S/C18H28N2O/c1-14(2)16(11-15-7-5-4-6-8-15)17(21)20-10-9-18(3,12-19)13-20/h4-8,14,16H,9-13,19H2,1-3H3. The van der Waals surface area contributed by atoms with Crippen molar-refractivity contribution >= 4 is 5.91 Å². The summed E-state index contributed by atoms with van der Waals surface area (Å²) < 4.78 is 0. The lowest BCUT2D eigenvalue weighted by atomic mass is 9.87. The van der Waals surface area contributed by atoms with E-state index in [0.717, 1.165) is 25.9 Å². The third-order valence-corrected chi connectivity index (χ3v) is 4.78. The van der Waals surface area contributed by atoms with Crippen LogP contribution in [0.15, 0.2) is 30.3 Å². The molecule has 1 amide bonds. The first-order chi connectivity index (χ1) is 9.95. The van der Waals surface area contributed by atoms with Crippen molar-refractivity contribution in [3.05, 3.63) is 35.9 Å². The number of carbonyl (C=O) groups is 1. The lowest BCUT2D eigenvalue weighted by Gasteiger charge is -2.28. The van der Waals surface area contributed by atoms with Crippen molar-refractivity contribution in [2.45, 2.75) is 33.6 Å². The number of benzene rings is 1. The molecule has 2 unspecified atom stereocenters. The van der Waals surface area contributed by atoms with Crippen molar-refractivity contribution in [2.24, 2.45) is 23.0 Å². The molecular formula is C18H28N2O. The molecule has 0 saturated carbocycles. The van der Waals surface area contributed by atoms with Crippen LogP contribution >= 0.6 is 0 Å². The molecule has 1 heterocycles. The molecule has 2 atom stereocenters. The number of amides is 1. The van der Waals surface area contributed by atoms with Crippen LogP contribution in [0.3, 0.4) is 0 Å². The lowest BCUT2D eigenvalue weighted by molar-refractivity contribution is -0.136. The van der Waals surface area contributed by atoms with E-state index in [-0.39, 0.29) is 11.3 Å². The molecule has 0 aromatic heterocycles. The van der Waals surface area contributed by atoms with E-state index in [2.05, 4.69) is 32.9 Å². The zero-order valence-electron chi connectivity index (χ0n) is 13.5. The summed E-state index contributed by atoms with van der Waals surface area (Å²) in [4.78, 5) is 14.9. The quantitative estimate of drug-likeness (QED) is 0.905. The maximum absolute atomic E-state index is 12.9. The van der Waals surface area contributed by atoms with Gasteiger partial charge in [0.25, 0.3) is 0 Å². The Morgan fingerprint density at radius 1 is 1.33 bits per heavy atom. The van der Waals surface area contributed by atoms with Crippen molar-refractivity contribution in [3.8, 4) is 0 Å². The molecule has 0 bridgehead atoms. The Kier molecular flexibility index (Phi) is 5.04. The fraction of sp³-hybridized carbons (Fsp3) is 0.611. The third-order valence-electron chi connectivity index (χ3n) is 4.78. The van der Waals surface area contributed by atoms with Crippen LogP contribution in [-0.2, 0) is 11.2 Å². The second kappa shape index (κ2) is 6.61. The zero-order valence-corrected chi connectivity index (χ0v) is 13.5. The molecule has 1 aromatic carbocycles. The average Bonchev–Trinajstić information content (AvgIpc) is 2.88. The molecule has 21 heavy (non-hydrogen) atoms. The summed E-state index contributed by atoms with van der Waals surface area (Å²) in [5.74, 6) is 0.709. The van der Waals surface area contributed by atoms with Gasteiger partial charge >= 0.3 is 0 Å². The van der Waals surface area contributed by atoms with Crippen molar-refractivity contribution in [1.82, 2.24) is 4.90 Å². The molecule has 2 N–H and O–H groups in total. The highest BCUT2D eigenvalue weighted by Gasteiger charge is 2.37. The van der Waals surface area contributed by atoms with E-state index in [0.29, 0.717) is 18.4 Å². The molecule has 1 saturated heterocycles. The minimum atomic E-state index is 0.0625. The van der Waals surface area contributed by atoms with E-state index in [1.807, 2.05) is 23.1 Å². The molecule has 0 spiro atoms. The van der Waals surface area contributed by atoms with Crippen molar-refractivity contribution < 1.29 is 4.79 Å². The summed E-state index contributed by atoms with van der Waals surface area (Å²) in [5, 5.41) is 0. The van der Waals surface area contributed by atoms with Gasteiger partial charge < -0.3 is 10.6 Å². The molecule has 2 rings (SSSR count). The Bertz CT molecular complexity index is 471. The average molecular weight is 288 g/mol. The van der Waals surface area contributed by atoms with Crippen LogP contribution in [0.4, 0.5) is 0 Å². The summed E-state index contributed by atoms with van der Waals surface area (Å²) in [6, 6.07) is 10.3. The number of carbonyl (C=O) groups excluding carboxylic acids is 1. The second-order valence-electron chi connectivity index (χ2n) is 7.06. The molecule has 3 heteroatoms. The minimum absolute atomic E-state index is 0.0625. The topological polar surface area (TPSA) is 46.3 Å². The first kappa shape index (κ1) is 16.0. The predicted molar refractivity (Wildman–Crippen MR) is 86.8 cm³/mol. The molecule has 1 aliphatic rings. The summed E-state index contributed by atoms with van der Waals surface area (Å²) in [6.45, 7) is 8.78.